The van der Waals surface area contributed by atoms with Gasteiger partial charge in [0.25, 0.3) is 0 Å². The van der Waals surface area contributed by atoms with E-state index < -0.39 is 16.0 Å². The van der Waals surface area contributed by atoms with Gasteiger partial charge in [-0.3, -0.25) is 4.79 Å². The summed E-state index contributed by atoms with van der Waals surface area (Å²) in [4.78, 5) is 11.9. The zero-order valence-electron chi connectivity index (χ0n) is 15.6. The lowest BCUT2D eigenvalue weighted by Gasteiger charge is -2.22. The second-order valence-corrected chi connectivity index (χ2v) is 7.81. The lowest BCUT2D eigenvalue weighted by molar-refractivity contribution is -0.143. The van der Waals surface area contributed by atoms with Gasteiger partial charge in [-0.25, -0.2) is 8.42 Å². The van der Waals surface area contributed by atoms with Crippen LogP contribution in [-0.4, -0.2) is 45.5 Å². The third kappa shape index (κ3) is 6.08. The number of sulfonamides is 1. The van der Waals surface area contributed by atoms with Crippen molar-refractivity contribution < 1.29 is 22.7 Å². The van der Waals surface area contributed by atoms with E-state index in [1.165, 1.54) is 23.5 Å². The molecule has 27 heavy (non-hydrogen) atoms. The first-order chi connectivity index (χ1) is 13.0. The number of hydrogen-bond acceptors (Lipinski definition) is 5. The van der Waals surface area contributed by atoms with Gasteiger partial charge in [-0.1, -0.05) is 30.3 Å². The molecule has 0 heterocycles. The van der Waals surface area contributed by atoms with Crippen LogP contribution in [0.1, 0.15) is 18.9 Å². The van der Waals surface area contributed by atoms with E-state index in [-0.39, 0.29) is 31.0 Å². The number of rotatable bonds is 10. The zero-order chi connectivity index (χ0) is 19.7. The van der Waals surface area contributed by atoms with E-state index in [1.807, 2.05) is 30.3 Å². The zero-order valence-corrected chi connectivity index (χ0v) is 16.4. The van der Waals surface area contributed by atoms with Gasteiger partial charge in [-0.15, -0.1) is 0 Å². The summed E-state index contributed by atoms with van der Waals surface area (Å²) in [6.45, 7) is 2.34. The van der Waals surface area contributed by atoms with Gasteiger partial charge in [0.2, 0.25) is 10.0 Å². The number of esters is 1. The maximum absolute atomic E-state index is 13.1. The highest BCUT2D eigenvalue weighted by Gasteiger charge is 2.25. The van der Waals surface area contributed by atoms with E-state index in [2.05, 4.69) is 0 Å². The van der Waals surface area contributed by atoms with Crippen LogP contribution in [0.3, 0.4) is 0 Å². The number of carbonyl (C=O) groups is 1. The normalized spacial score (nSPS) is 11.4. The lowest BCUT2D eigenvalue weighted by Crippen LogP contribution is -2.35. The Morgan fingerprint density at radius 2 is 1.67 bits per heavy atom. The molecule has 0 bridgehead atoms. The summed E-state index contributed by atoms with van der Waals surface area (Å²) in [6, 6.07) is 15.9. The smallest absolute Gasteiger partial charge is 0.307 e. The molecule has 0 aliphatic rings. The highest BCUT2D eigenvalue weighted by molar-refractivity contribution is 7.89. The van der Waals surface area contributed by atoms with Crippen molar-refractivity contribution in [1.82, 2.24) is 4.31 Å². The predicted molar refractivity (Wildman–Crippen MR) is 103 cm³/mol. The fourth-order valence-electron chi connectivity index (χ4n) is 2.60. The molecule has 2 aromatic carbocycles. The molecule has 0 aliphatic carbocycles. The number of carbonyl (C=O) groups excluding carboxylic acids is 1. The Bertz CT molecular complexity index is 819. The van der Waals surface area contributed by atoms with Crippen LogP contribution in [-0.2, 0) is 26.0 Å². The molecule has 0 spiro atoms. The minimum Gasteiger partial charge on any atom is -0.497 e. The second-order valence-electron chi connectivity index (χ2n) is 5.87. The first kappa shape index (κ1) is 20.9. The van der Waals surface area contributed by atoms with Crippen molar-refractivity contribution in [1.29, 1.82) is 0 Å². The van der Waals surface area contributed by atoms with Gasteiger partial charge < -0.3 is 9.47 Å². The topological polar surface area (TPSA) is 72.9 Å². The van der Waals surface area contributed by atoms with E-state index in [4.69, 9.17) is 9.47 Å². The van der Waals surface area contributed by atoms with Gasteiger partial charge in [-0.05, 0) is 43.2 Å². The number of hydrogen-bond donors (Lipinski definition) is 0. The van der Waals surface area contributed by atoms with Crippen LogP contribution in [0.25, 0.3) is 0 Å². The SMILES string of the molecule is CCOC(=O)CCN(CCc1ccccc1)S(=O)(=O)c1ccc(OC)cc1. The molecule has 0 N–H and O–H groups in total. The monoisotopic (exact) mass is 391 g/mol. The first-order valence-corrected chi connectivity index (χ1v) is 10.2. The minimum absolute atomic E-state index is 0.0119. The molecule has 6 nitrogen and oxygen atoms in total. The molecule has 2 aromatic rings. The van der Waals surface area contributed by atoms with E-state index in [1.54, 1.807) is 19.1 Å². The number of methoxy groups -OCH3 is 1. The highest BCUT2D eigenvalue weighted by Crippen LogP contribution is 2.20. The Kier molecular flexibility index (Phi) is 7.82. The average Bonchev–Trinajstić information content (AvgIpc) is 2.68. The molecule has 0 aliphatic heterocycles. The number of ether oxygens (including phenoxy) is 2. The van der Waals surface area contributed by atoms with Crippen molar-refractivity contribution >= 4 is 16.0 Å². The van der Waals surface area contributed by atoms with Crippen LogP contribution in [0, 0.1) is 0 Å². The Labute approximate surface area is 160 Å². The maximum atomic E-state index is 13.1. The van der Waals surface area contributed by atoms with Crippen molar-refractivity contribution in [3.63, 3.8) is 0 Å². The molecule has 2 rings (SSSR count). The molecule has 0 unspecified atom stereocenters. The third-order valence-corrected chi connectivity index (χ3v) is 5.97. The molecule has 0 fully saturated rings. The molecule has 0 saturated carbocycles. The molecular weight excluding hydrogens is 366 g/mol. The Hall–Kier alpha value is -2.38. The highest BCUT2D eigenvalue weighted by atomic mass is 32.2. The fourth-order valence-corrected chi connectivity index (χ4v) is 4.04. The first-order valence-electron chi connectivity index (χ1n) is 8.81. The van der Waals surface area contributed by atoms with E-state index in [9.17, 15) is 13.2 Å². The van der Waals surface area contributed by atoms with Crippen LogP contribution in [0.4, 0.5) is 0 Å². The predicted octanol–water partition coefficient (Wildman–Crippen LogP) is 2.88. The van der Waals surface area contributed by atoms with Crippen LogP contribution in [0.15, 0.2) is 59.5 Å². The van der Waals surface area contributed by atoms with Gasteiger partial charge in [0.15, 0.2) is 0 Å². The van der Waals surface area contributed by atoms with E-state index in [0.717, 1.165) is 5.56 Å². The van der Waals surface area contributed by atoms with Crippen LogP contribution >= 0.6 is 0 Å². The molecule has 0 radical (unpaired) electrons. The van der Waals surface area contributed by atoms with Gasteiger partial charge in [0.05, 0.1) is 25.0 Å². The quantitative estimate of drug-likeness (QED) is 0.582. The largest absolute Gasteiger partial charge is 0.497 e. The van der Waals surface area contributed by atoms with Gasteiger partial charge in [0, 0.05) is 13.1 Å². The van der Waals surface area contributed by atoms with Crippen LogP contribution < -0.4 is 4.74 Å². The maximum Gasteiger partial charge on any atom is 0.307 e. The van der Waals surface area contributed by atoms with Crippen molar-refractivity contribution in [3.8, 4) is 5.75 Å². The minimum atomic E-state index is -3.74. The number of nitrogens with zero attached hydrogens (tertiary/aromatic N) is 1. The molecule has 7 heteroatoms. The molecule has 0 atom stereocenters. The van der Waals surface area contributed by atoms with Crippen LogP contribution in [0.2, 0.25) is 0 Å². The molecule has 0 aromatic heterocycles. The van der Waals surface area contributed by atoms with Crippen molar-refractivity contribution in [2.45, 2.75) is 24.7 Å². The second kappa shape index (κ2) is 10.1. The Balaban J connectivity index is 2.18. The number of benzene rings is 2. The standard InChI is InChI=1S/C20H25NO5S/c1-3-26-20(22)14-16-21(15-13-17-7-5-4-6-8-17)27(23,24)19-11-9-18(25-2)10-12-19/h4-12H,3,13-16H2,1-2H3. The van der Waals surface area contributed by atoms with Crippen LogP contribution in [0.5, 0.6) is 5.75 Å². The van der Waals surface area contributed by atoms with E-state index in [0.29, 0.717) is 12.2 Å². The summed E-state index contributed by atoms with van der Waals surface area (Å²) in [7, 11) is -2.21. The summed E-state index contributed by atoms with van der Waals surface area (Å²) in [5, 5.41) is 0. The van der Waals surface area contributed by atoms with Gasteiger partial charge in [0.1, 0.15) is 5.75 Å². The molecular formula is C20H25NO5S. The third-order valence-electron chi connectivity index (χ3n) is 4.06. The summed E-state index contributed by atoms with van der Waals surface area (Å²) in [5.74, 6) is 0.170. The fraction of sp³-hybridized carbons (Fsp3) is 0.350. The molecule has 0 saturated heterocycles. The van der Waals surface area contributed by atoms with E-state index >= 15 is 0 Å². The Morgan fingerprint density at radius 1 is 1.00 bits per heavy atom. The van der Waals surface area contributed by atoms with Crippen molar-refractivity contribution in [3.05, 3.63) is 60.2 Å². The van der Waals surface area contributed by atoms with Crippen molar-refractivity contribution in [2.75, 3.05) is 26.8 Å². The molecule has 0 amide bonds. The average molecular weight is 391 g/mol. The van der Waals surface area contributed by atoms with Gasteiger partial charge >= 0.3 is 5.97 Å². The lowest BCUT2D eigenvalue weighted by atomic mass is 10.1. The Morgan fingerprint density at radius 3 is 2.26 bits per heavy atom. The summed E-state index contributed by atoms with van der Waals surface area (Å²) >= 11 is 0. The summed E-state index contributed by atoms with van der Waals surface area (Å²) in [5.41, 5.74) is 1.03. The summed E-state index contributed by atoms with van der Waals surface area (Å²) < 4.78 is 37.5. The van der Waals surface area contributed by atoms with Gasteiger partial charge in [-0.2, -0.15) is 4.31 Å². The van der Waals surface area contributed by atoms with Crippen molar-refractivity contribution in [2.24, 2.45) is 0 Å². The molecule has 146 valence electrons. The summed E-state index contributed by atoms with van der Waals surface area (Å²) in [6.07, 6.45) is 0.567.